The van der Waals surface area contributed by atoms with Gasteiger partial charge in [0.15, 0.2) is 0 Å². The summed E-state index contributed by atoms with van der Waals surface area (Å²) in [4.78, 5) is 34.4. The predicted octanol–water partition coefficient (Wildman–Crippen LogP) is 6.14. The molecule has 0 aliphatic carbocycles. The number of para-hydroxylation sites is 1. The molecule has 1 saturated heterocycles. The highest BCUT2D eigenvalue weighted by molar-refractivity contribution is 5.89. The molecule has 1 unspecified atom stereocenters. The maximum absolute atomic E-state index is 13.9. The van der Waals surface area contributed by atoms with Crippen LogP contribution in [0.25, 0.3) is 10.9 Å². The second-order valence-electron chi connectivity index (χ2n) is 12.6. The minimum Gasteiger partial charge on any atom is -0.361 e. The van der Waals surface area contributed by atoms with E-state index in [1.807, 2.05) is 35.4 Å². The van der Waals surface area contributed by atoms with E-state index in [1.54, 1.807) is 24.3 Å². The molecule has 1 aliphatic rings. The number of benzene rings is 3. The highest BCUT2D eigenvalue weighted by Gasteiger charge is 2.29. The number of H-pyrrole nitrogens is 1. The van der Waals surface area contributed by atoms with Crippen molar-refractivity contribution in [3.63, 3.8) is 0 Å². The first-order valence-corrected chi connectivity index (χ1v) is 17.0. The number of nitrogens with one attached hydrogen (secondary N) is 2. The van der Waals surface area contributed by atoms with E-state index in [2.05, 4.69) is 15.2 Å². The molecule has 1 aliphatic heterocycles. The van der Waals surface area contributed by atoms with Crippen molar-refractivity contribution in [3.05, 3.63) is 107 Å². The monoisotopic (exact) mass is 643 g/mol. The van der Waals surface area contributed by atoms with E-state index in [0.717, 1.165) is 85.8 Å². The molecule has 2 amide bonds. The Hall–Kier alpha value is -4.08. The number of nitrogens with zero attached hydrogens (tertiary/aromatic N) is 2. The number of aromatic nitrogens is 1. The topological polar surface area (TPSA) is 94.5 Å². The van der Waals surface area contributed by atoms with Crippen LogP contribution >= 0.6 is 0 Å². The fourth-order valence-electron chi connectivity index (χ4n) is 6.62. The Morgan fingerprint density at radius 1 is 0.809 bits per heavy atom. The number of rotatable bonds is 16. The molecule has 3 aromatic carbocycles. The first-order chi connectivity index (χ1) is 22.9. The molecule has 0 spiro atoms. The third-order valence-corrected chi connectivity index (χ3v) is 9.29. The number of halogens is 2. The smallest absolute Gasteiger partial charge is 0.245 e. The minimum absolute atomic E-state index is 0.0358. The molecular weight excluding hydrogens is 596 g/mol. The number of aromatic amines is 1. The van der Waals surface area contributed by atoms with E-state index < -0.39 is 6.04 Å². The van der Waals surface area contributed by atoms with Crippen LogP contribution in [-0.4, -0.2) is 71.9 Å². The van der Waals surface area contributed by atoms with Gasteiger partial charge in [0, 0.05) is 62.0 Å². The SMILES string of the molecule is NCCCCCCC(=O)NC(Cc1c[nH]c2ccccc12)C(=O)N1CCN(CCCC(c2ccc(F)cc2)c2ccc(F)cc2)CC1. The zero-order chi connectivity index (χ0) is 33.0. The highest BCUT2D eigenvalue weighted by Crippen LogP contribution is 2.30. The number of hydrogen-bond acceptors (Lipinski definition) is 4. The summed E-state index contributed by atoms with van der Waals surface area (Å²) < 4.78 is 27.3. The van der Waals surface area contributed by atoms with E-state index in [4.69, 9.17) is 5.73 Å². The van der Waals surface area contributed by atoms with Gasteiger partial charge in [-0.3, -0.25) is 14.5 Å². The summed E-state index contributed by atoms with van der Waals surface area (Å²) in [6.07, 6.45) is 8.18. The number of nitrogens with two attached hydrogens (primary N) is 1. The minimum atomic E-state index is -0.635. The van der Waals surface area contributed by atoms with Crippen molar-refractivity contribution in [3.8, 4) is 0 Å². The second kappa shape index (κ2) is 17.2. The van der Waals surface area contributed by atoms with Gasteiger partial charge in [-0.05, 0) is 85.8 Å². The summed E-state index contributed by atoms with van der Waals surface area (Å²) in [6, 6.07) is 20.5. The Morgan fingerprint density at radius 2 is 1.45 bits per heavy atom. The van der Waals surface area contributed by atoms with Crippen molar-refractivity contribution in [1.29, 1.82) is 0 Å². The van der Waals surface area contributed by atoms with E-state index in [-0.39, 0.29) is 29.4 Å². The van der Waals surface area contributed by atoms with Gasteiger partial charge < -0.3 is 20.9 Å². The number of carbonyl (C=O) groups excluding carboxylic acids is 2. The summed E-state index contributed by atoms with van der Waals surface area (Å²) >= 11 is 0. The molecule has 1 fully saturated rings. The van der Waals surface area contributed by atoms with Gasteiger partial charge >= 0.3 is 0 Å². The van der Waals surface area contributed by atoms with E-state index >= 15 is 0 Å². The lowest BCUT2D eigenvalue weighted by atomic mass is 9.87. The Balaban J connectivity index is 1.16. The van der Waals surface area contributed by atoms with Gasteiger partial charge in [-0.25, -0.2) is 8.78 Å². The van der Waals surface area contributed by atoms with E-state index in [9.17, 15) is 18.4 Å². The fraction of sp³-hybridized carbons (Fsp3) is 0.421. The maximum atomic E-state index is 13.9. The number of piperazine rings is 1. The summed E-state index contributed by atoms with van der Waals surface area (Å²) in [5.74, 6) is -0.652. The van der Waals surface area contributed by atoms with Gasteiger partial charge in [-0.15, -0.1) is 0 Å². The molecular formula is C38H47F2N5O2. The van der Waals surface area contributed by atoms with Gasteiger partial charge in [0.2, 0.25) is 11.8 Å². The zero-order valence-electron chi connectivity index (χ0n) is 27.1. The second-order valence-corrected chi connectivity index (χ2v) is 12.6. The maximum Gasteiger partial charge on any atom is 0.245 e. The molecule has 47 heavy (non-hydrogen) atoms. The van der Waals surface area contributed by atoms with Crippen LogP contribution in [0.15, 0.2) is 79.0 Å². The number of unbranched alkanes of at least 4 members (excludes halogenated alkanes) is 3. The molecule has 4 aromatic rings. The standard InChI is InChI=1S/C38H47F2N5O2/c39-31-16-12-28(13-17-31)33(29-14-18-32(40)19-15-29)9-7-21-44-22-24-45(25-23-44)38(47)36(43-37(46)11-3-1-2-6-20-41)26-30-27-42-35-10-5-4-8-34(30)35/h4-5,8,10,12-19,27,33,36,42H,1-3,6-7,9,11,20-26,41H2,(H,43,46). The average Bonchev–Trinajstić information content (AvgIpc) is 3.50. The van der Waals surface area contributed by atoms with Gasteiger partial charge in [0.05, 0.1) is 0 Å². The summed E-state index contributed by atoms with van der Waals surface area (Å²) in [6.45, 7) is 4.21. The molecule has 250 valence electrons. The molecule has 0 saturated carbocycles. The van der Waals surface area contributed by atoms with Crippen LogP contribution in [0.5, 0.6) is 0 Å². The first kappa shape index (κ1) is 34.3. The molecule has 5 rings (SSSR count). The van der Waals surface area contributed by atoms with Crippen molar-refractivity contribution in [2.24, 2.45) is 5.73 Å². The molecule has 2 heterocycles. The number of hydrogen-bond donors (Lipinski definition) is 3. The van der Waals surface area contributed by atoms with Crippen LogP contribution < -0.4 is 11.1 Å². The lowest BCUT2D eigenvalue weighted by molar-refractivity contribution is -0.138. The molecule has 1 atom stereocenters. The van der Waals surface area contributed by atoms with Gasteiger partial charge in [0.1, 0.15) is 17.7 Å². The summed E-state index contributed by atoms with van der Waals surface area (Å²) in [5, 5.41) is 4.14. The Morgan fingerprint density at radius 3 is 2.11 bits per heavy atom. The van der Waals surface area contributed by atoms with Crippen LogP contribution in [0.3, 0.4) is 0 Å². The van der Waals surface area contributed by atoms with Crippen LogP contribution in [0.1, 0.15) is 67.6 Å². The van der Waals surface area contributed by atoms with Crippen LogP contribution in [0.4, 0.5) is 8.78 Å². The average molecular weight is 644 g/mol. The third kappa shape index (κ3) is 9.72. The summed E-state index contributed by atoms with van der Waals surface area (Å²) in [7, 11) is 0. The third-order valence-electron chi connectivity index (χ3n) is 9.29. The number of amides is 2. The normalized spacial score (nSPS) is 14.5. The number of carbonyl (C=O) groups is 2. The Labute approximate surface area is 276 Å². The zero-order valence-corrected chi connectivity index (χ0v) is 27.1. The van der Waals surface area contributed by atoms with E-state index in [0.29, 0.717) is 32.5 Å². The lowest BCUT2D eigenvalue weighted by Crippen LogP contribution is -2.55. The van der Waals surface area contributed by atoms with Gasteiger partial charge in [-0.2, -0.15) is 0 Å². The van der Waals surface area contributed by atoms with Crippen LogP contribution in [0.2, 0.25) is 0 Å². The van der Waals surface area contributed by atoms with E-state index in [1.165, 1.54) is 24.3 Å². The molecule has 4 N–H and O–H groups in total. The molecule has 0 radical (unpaired) electrons. The van der Waals surface area contributed by atoms with Crippen molar-refractivity contribution in [1.82, 2.24) is 20.1 Å². The first-order valence-electron chi connectivity index (χ1n) is 17.0. The summed E-state index contributed by atoms with van der Waals surface area (Å²) in [5.41, 5.74) is 9.63. The molecule has 0 bridgehead atoms. The molecule has 1 aromatic heterocycles. The van der Waals surface area contributed by atoms with Gasteiger partial charge in [0.25, 0.3) is 0 Å². The molecule has 7 nitrogen and oxygen atoms in total. The fourth-order valence-corrected chi connectivity index (χ4v) is 6.62. The van der Waals surface area contributed by atoms with Crippen molar-refractivity contribution < 1.29 is 18.4 Å². The lowest BCUT2D eigenvalue weighted by Gasteiger charge is -2.36. The van der Waals surface area contributed by atoms with Crippen molar-refractivity contribution in [2.45, 2.75) is 63.3 Å². The van der Waals surface area contributed by atoms with Crippen molar-refractivity contribution in [2.75, 3.05) is 39.3 Å². The quantitative estimate of drug-likeness (QED) is 0.128. The largest absolute Gasteiger partial charge is 0.361 e. The van der Waals surface area contributed by atoms with Crippen molar-refractivity contribution >= 4 is 22.7 Å². The predicted molar refractivity (Wildman–Crippen MR) is 183 cm³/mol. The van der Waals surface area contributed by atoms with Crippen LogP contribution in [-0.2, 0) is 16.0 Å². The Bertz CT molecular complexity index is 1520. The van der Waals surface area contributed by atoms with Gasteiger partial charge in [-0.1, -0.05) is 55.3 Å². The number of fused-ring (bicyclic) bond motifs is 1. The van der Waals surface area contributed by atoms with Crippen LogP contribution in [0, 0.1) is 11.6 Å². The Kier molecular flexibility index (Phi) is 12.5. The highest BCUT2D eigenvalue weighted by atomic mass is 19.1. The molecule has 9 heteroatoms.